The first-order valence-corrected chi connectivity index (χ1v) is 9.05. The van der Waals surface area contributed by atoms with Gasteiger partial charge in [-0.15, -0.1) is 0 Å². The second-order valence-electron chi connectivity index (χ2n) is 5.74. The molecular weight excluding hydrogens is 433 g/mol. The van der Waals surface area contributed by atoms with Gasteiger partial charge in [0.15, 0.2) is 17.5 Å². The zero-order chi connectivity index (χ0) is 22.1. The van der Waals surface area contributed by atoms with E-state index in [4.69, 9.17) is 0 Å². The smallest absolute Gasteiger partial charge is 0.322 e. The number of carbonyl (C=O) groups excluding carboxylic acids is 1. The quantitative estimate of drug-likeness (QED) is 0.545. The standard InChI is InChI=1S/C16H11F7N2O3S/c1-7(16(21,22)23)25-29(27,28)13-4-8(2-3-10(13)17)15(26)24-9-5-11(18)14(20)12(19)6-9/h2-7,25H,1H3,(H,24,26)/t7-/m1/s1. The molecule has 158 valence electrons. The molecule has 0 spiro atoms. The third-order valence-electron chi connectivity index (χ3n) is 3.55. The molecule has 0 aliphatic rings. The fraction of sp³-hybridized carbons (Fsp3) is 0.188. The number of carbonyl (C=O) groups is 1. The van der Waals surface area contributed by atoms with Gasteiger partial charge in [-0.05, 0) is 25.1 Å². The van der Waals surface area contributed by atoms with Crippen LogP contribution in [0.4, 0.5) is 36.4 Å². The van der Waals surface area contributed by atoms with Crippen LogP contribution >= 0.6 is 0 Å². The van der Waals surface area contributed by atoms with Gasteiger partial charge in [-0.25, -0.2) is 26.0 Å². The van der Waals surface area contributed by atoms with Crippen molar-refractivity contribution >= 4 is 21.6 Å². The predicted molar refractivity (Wildman–Crippen MR) is 86.5 cm³/mol. The van der Waals surface area contributed by atoms with Gasteiger partial charge in [0.2, 0.25) is 10.0 Å². The third-order valence-corrected chi connectivity index (χ3v) is 5.10. The first kappa shape index (κ1) is 22.6. The van der Waals surface area contributed by atoms with Crippen molar-refractivity contribution in [2.45, 2.75) is 24.0 Å². The fourth-order valence-electron chi connectivity index (χ4n) is 2.04. The summed E-state index contributed by atoms with van der Waals surface area (Å²) in [6, 6.07) is 0.0516. The van der Waals surface area contributed by atoms with Gasteiger partial charge in [0, 0.05) is 23.4 Å². The van der Waals surface area contributed by atoms with Gasteiger partial charge < -0.3 is 5.32 Å². The topological polar surface area (TPSA) is 75.3 Å². The Morgan fingerprint density at radius 2 is 1.52 bits per heavy atom. The molecule has 0 aliphatic carbocycles. The van der Waals surface area contributed by atoms with Crippen LogP contribution in [-0.4, -0.2) is 26.5 Å². The van der Waals surface area contributed by atoms with Crippen molar-refractivity contribution in [1.29, 1.82) is 0 Å². The molecule has 13 heteroatoms. The average Bonchev–Trinajstić information content (AvgIpc) is 2.58. The Morgan fingerprint density at radius 1 is 0.966 bits per heavy atom. The van der Waals surface area contributed by atoms with E-state index in [-0.39, 0.29) is 0 Å². The normalized spacial score (nSPS) is 13.2. The van der Waals surface area contributed by atoms with Crippen molar-refractivity contribution in [2.75, 3.05) is 5.32 Å². The highest BCUT2D eigenvalue weighted by Gasteiger charge is 2.39. The molecule has 0 radical (unpaired) electrons. The Hall–Kier alpha value is -2.67. The van der Waals surface area contributed by atoms with Crippen LogP contribution in [0.3, 0.4) is 0 Å². The molecule has 2 aromatic rings. The number of hydrogen-bond donors (Lipinski definition) is 2. The van der Waals surface area contributed by atoms with Crippen LogP contribution < -0.4 is 10.0 Å². The third kappa shape index (κ3) is 5.23. The molecule has 2 aromatic carbocycles. The van der Waals surface area contributed by atoms with E-state index in [1.807, 2.05) is 5.32 Å². The maximum Gasteiger partial charge on any atom is 0.404 e. The number of alkyl halides is 3. The monoisotopic (exact) mass is 444 g/mol. The molecule has 0 unspecified atom stereocenters. The molecule has 0 saturated carbocycles. The summed E-state index contributed by atoms with van der Waals surface area (Å²) >= 11 is 0. The van der Waals surface area contributed by atoms with E-state index >= 15 is 0 Å². The van der Waals surface area contributed by atoms with Gasteiger partial charge in [0.25, 0.3) is 5.91 Å². The number of anilines is 1. The van der Waals surface area contributed by atoms with Gasteiger partial charge >= 0.3 is 6.18 Å². The van der Waals surface area contributed by atoms with Gasteiger partial charge in [-0.2, -0.15) is 17.9 Å². The van der Waals surface area contributed by atoms with E-state index in [1.165, 1.54) is 4.72 Å². The van der Waals surface area contributed by atoms with Crippen molar-refractivity contribution < 1.29 is 43.9 Å². The van der Waals surface area contributed by atoms with Crippen LogP contribution in [0, 0.1) is 23.3 Å². The van der Waals surface area contributed by atoms with E-state index in [0.29, 0.717) is 31.2 Å². The minimum absolute atomic E-state index is 0.435. The fourth-order valence-corrected chi connectivity index (χ4v) is 3.38. The number of amides is 1. The van der Waals surface area contributed by atoms with Crippen LogP contribution in [-0.2, 0) is 10.0 Å². The first-order valence-electron chi connectivity index (χ1n) is 7.57. The number of nitrogens with one attached hydrogen (secondary N) is 2. The van der Waals surface area contributed by atoms with E-state index in [9.17, 15) is 43.9 Å². The van der Waals surface area contributed by atoms with Crippen molar-refractivity contribution in [3.63, 3.8) is 0 Å². The Kier molecular flexibility index (Phi) is 6.23. The molecule has 0 heterocycles. The van der Waals surface area contributed by atoms with E-state index in [0.717, 1.165) is 6.07 Å². The van der Waals surface area contributed by atoms with Crippen LogP contribution in [0.15, 0.2) is 35.2 Å². The molecule has 0 aliphatic heterocycles. The first-order chi connectivity index (χ1) is 13.2. The Morgan fingerprint density at radius 3 is 2.03 bits per heavy atom. The maximum absolute atomic E-state index is 13.9. The molecule has 0 saturated heterocycles. The Balaban J connectivity index is 2.34. The molecule has 2 N–H and O–H groups in total. The molecule has 5 nitrogen and oxygen atoms in total. The van der Waals surface area contributed by atoms with Crippen LogP contribution in [0.25, 0.3) is 0 Å². The molecule has 1 amide bonds. The van der Waals surface area contributed by atoms with Crippen molar-refractivity contribution in [1.82, 2.24) is 4.72 Å². The lowest BCUT2D eigenvalue weighted by Crippen LogP contribution is -2.43. The second-order valence-corrected chi connectivity index (χ2v) is 7.42. The molecule has 29 heavy (non-hydrogen) atoms. The predicted octanol–water partition coefficient (Wildman–Crippen LogP) is 3.72. The summed E-state index contributed by atoms with van der Waals surface area (Å²) in [5.74, 6) is -7.65. The molecular formula is C16H11F7N2O3S. The summed E-state index contributed by atoms with van der Waals surface area (Å²) in [5, 5.41) is 1.93. The highest BCUT2D eigenvalue weighted by Crippen LogP contribution is 2.24. The molecule has 0 bridgehead atoms. The summed E-state index contributed by atoms with van der Waals surface area (Å²) in [5.41, 5.74) is -1.10. The van der Waals surface area contributed by atoms with Crippen molar-refractivity contribution in [3.8, 4) is 0 Å². The summed E-state index contributed by atoms with van der Waals surface area (Å²) in [6.07, 6.45) is -4.95. The van der Waals surface area contributed by atoms with Gasteiger partial charge in [0.05, 0.1) is 0 Å². The summed E-state index contributed by atoms with van der Waals surface area (Å²) in [7, 11) is -5.02. The van der Waals surface area contributed by atoms with Crippen molar-refractivity contribution in [3.05, 3.63) is 59.2 Å². The van der Waals surface area contributed by atoms with Crippen LogP contribution in [0.2, 0.25) is 0 Å². The highest BCUT2D eigenvalue weighted by atomic mass is 32.2. The number of rotatable bonds is 5. The molecule has 1 atom stereocenters. The number of benzene rings is 2. The van der Waals surface area contributed by atoms with Gasteiger partial charge in [0.1, 0.15) is 16.8 Å². The Labute approximate surface area is 159 Å². The SMILES string of the molecule is C[C@@H](NS(=O)(=O)c1cc(C(=O)Nc2cc(F)c(F)c(F)c2)ccc1F)C(F)(F)F. The van der Waals surface area contributed by atoms with Gasteiger partial charge in [-0.3, -0.25) is 4.79 Å². The van der Waals surface area contributed by atoms with E-state index in [1.54, 1.807) is 0 Å². The average molecular weight is 444 g/mol. The lowest BCUT2D eigenvalue weighted by atomic mass is 10.2. The van der Waals surface area contributed by atoms with Crippen molar-refractivity contribution in [2.24, 2.45) is 0 Å². The number of hydrogen-bond acceptors (Lipinski definition) is 3. The van der Waals surface area contributed by atoms with Crippen LogP contribution in [0.5, 0.6) is 0 Å². The second kappa shape index (κ2) is 7.99. The summed E-state index contributed by atoms with van der Waals surface area (Å²) in [6.45, 7) is 0.490. The molecule has 2 rings (SSSR count). The summed E-state index contributed by atoms with van der Waals surface area (Å²) in [4.78, 5) is 10.9. The van der Waals surface area contributed by atoms with E-state index < -0.39 is 67.6 Å². The largest absolute Gasteiger partial charge is 0.404 e. The lowest BCUT2D eigenvalue weighted by Gasteiger charge is -2.17. The van der Waals surface area contributed by atoms with Crippen LogP contribution in [0.1, 0.15) is 17.3 Å². The zero-order valence-electron chi connectivity index (χ0n) is 14.2. The summed E-state index contributed by atoms with van der Waals surface area (Å²) < 4.78 is 116. The minimum Gasteiger partial charge on any atom is -0.322 e. The highest BCUT2D eigenvalue weighted by molar-refractivity contribution is 7.89. The van der Waals surface area contributed by atoms with Gasteiger partial charge in [-0.1, -0.05) is 0 Å². The maximum atomic E-state index is 13.9. The number of halogens is 7. The zero-order valence-corrected chi connectivity index (χ0v) is 15.1. The Bertz CT molecular complexity index is 1030. The van der Waals surface area contributed by atoms with E-state index in [2.05, 4.69) is 0 Å². The lowest BCUT2D eigenvalue weighted by molar-refractivity contribution is -0.147. The molecule has 0 aromatic heterocycles. The molecule has 0 fully saturated rings. The number of sulfonamides is 1. The minimum atomic E-state index is -5.02.